The summed E-state index contributed by atoms with van der Waals surface area (Å²) >= 11 is 0. The molecule has 1 saturated carbocycles. The zero-order valence-corrected chi connectivity index (χ0v) is 11.2. The van der Waals surface area contributed by atoms with E-state index in [0.29, 0.717) is 12.0 Å². The highest BCUT2D eigenvalue weighted by Gasteiger charge is 2.54. The van der Waals surface area contributed by atoms with Crippen LogP contribution in [0.4, 0.5) is 0 Å². The van der Waals surface area contributed by atoms with Crippen molar-refractivity contribution in [1.82, 2.24) is 4.90 Å². The Kier molecular flexibility index (Phi) is 3.32. The highest BCUT2D eigenvalue weighted by atomic mass is 16.3. The molecule has 1 atom stereocenters. The van der Waals surface area contributed by atoms with Gasteiger partial charge in [0.2, 0.25) is 0 Å². The number of furan rings is 1. The summed E-state index contributed by atoms with van der Waals surface area (Å²) in [7, 11) is 0. The normalized spacial score (nSPS) is 21.5. The molecule has 1 aromatic rings. The van der Waals surface area contributed by atoms with Gasteiger partial charge in [-0.1, -0.05) is 13.8 Å². The molecule has 1 aliphatic rings. The van der Waals surface area contributed by atoms with Crippen molar-refractivity contribution in [3.8, 4) is 0 Å². The monoisotopic (exact) mass is 236 g/mol. The molecular formula is C14H24N2O. The van der Waals surface area contributed by atoms with Gasteiger partial charge in [0, 0.05) is 12.1 Å². The van der Waals surface area contributed by atoms with Crippen LogP contribution in [0.1, 0.15) is 39.4 Å². The van der Waals surface area contributed by atoms with Crippen molar-refractivity contribution in [1.29, 1.82) is 0 Å². The molecule has 0 aliphatic heterocycles. The summed E-state index contributed by atoms with van der Waals surface area (Å²) in [5.74, 6) is 1.02. The van der Waals surface area contributed by atoms with Crippen LogP contribution in [0.2, 0.25) is 0 Å². The van der Waals surface area contributed by atoms with Crippen molar-refractivity contribution in [3.63, 3.8) is 0 Å². The van der Waals surface area contributed by atoms with Gasteiger partial charge in [0.1, 0.15) is 5.76 Å². The molecule has 1 aromatic heterocycles. The fourth-order valence-corrected chi connectivity index (χ4v) is 2.71. The lowest BCUT2D eigenvalue weighted by Crippen LogP contribution is -2.56. The minimum atomic E-state index is 0.0779. The number of hydrogen-bond acceptors (Lipinski definition) is 3. The lowest BCUT2D eigenvalue weighted by molar-refractivity contribution is 0.0394. The van der Waals surface area contributed by atoms with Gasteiger partial charge in [-0.15, -0.1) is 0 Å². The van der Waals surface area contributed by atoms with E-state index < -0.39 is 0 Å². The summed E-state index contributed by atoms with van der Waals surface area (Å²) in [5, 5.41) is 0. The topological polar surface area (TPSA) is 42.4 Å². The molecule has 0 saturated heterocycles. The van der Waals surface area contributed by atoms with Crippen molar-refractivity contribution in [2.75, 3.05) is 13.1 Å². The van der Waals surface area contributed by atoms with Gasteiger partial charge in [-0.05, 0) is 43.9 Å². The lowest BCUT2D eigenvalue weighted by Gasteiger charge is -2.45. The van der Waals surface area contributed by atoms with Crippen LogP contribution in [0.3, 0.4) is 0 Å². The van der Waals surface area contributed by atoms with Crippen molar-refractivity contribution in [2.45, 2.75) is 45.7 Å². The van der Waals surface area contributed by atoms with E-state index in [0.717, 1.165) is 18.8 Å². The van der Waals surface area contributed by atoms with Crippen LogP contribution in [0.5, 0.6) is 0 Å². The van der Waals surface area contributed by atoms with Crippen molar-refractivity contribution >= 4 is 0 Å². The Morgan fingerprint density at radius 1 is 1.53 bits per heavy atom. The Morgan fingerprint density at radius 3 is 2.65 bits per heavy atom. The second kappa shape index (κ2) is 4.46. The first-order valence-corrected chi connectivity index (χ1v) is 6.53. The summed E-state index contributed by atoms with van der Waals surface area (Å²) in [4.78, 5) is 2.46. The van der Waals surface area contributed by atoms with E-state index in [1.165, 1.54) is 12.8 Å². The predicted molar refractivity (Wildman–Crippen MR) is 69.6 cm³/mol. The Labute approximate surface area is 104 Å². The smallest absolute Gasteiger partial charge is 0.117 e. The van der Waals surface area contributed by atoms with E-state index in [1.54, 1.807) is 6.26 Å². The van der Waals surface area contributed by atoms with Crippen LogP contribution in [0.15, 0.2) is 22.8 Å². The van der Waals surface area contributed by atoms with Gasteiger partial charge in [-0.3, -0.25) is 4.90 Å². The van der Waals surface area contributed by atoms with E-state index in [9.17, 15) is 0 Å². The van der Waals surface area contributed by atoms with E-state index in [-0.39, 0.29) is 5.54 Å². The highest BCUT2D eigenvalue weighted by Crippen LogP contribution is 2.55. The van der Waals surface area contributed by atoms with Crippen molar-refractivity contribution in [3.05, 3.63) is 24.2 Å². The zero-order valence-electron chi connectivity index (χ0n) is 11.2. The predicted octanol–water partition coefficient (Wildman–Crippen LogP) is 2.62. The van der Waals surface area contributed by atoms with Crippen LogP contribution in [0.25, 0.3) is 0 Å². The molecule has 2 rings (SSSR count). The number of nitrogens with two attached hydrogens (primary N) is 1. The quantitative estimate of drug-likeness (QED) is 0.825. The van der Waals surface area contributed by atoms with Gasteiger partial charge >= 0.3 is 0 Å². The maximum Gasteiger partial charge on any atom is 0.117 e. The van der Waals surface area contributed by atoms with Crippen LogP contribution in [0, 0.1) is 5.41 Å². The highest BCUT2D eigenvalue weighted by molar-refractivity contribution is 5.11. The standard InChI is InChI=1S/C14H24N2O/c1-4-16(10-12-6-5-9-17-12)14(3,11-15)13(2)7-8-13/h5-6,9H,4,7-8,10-11,15H2,1-3H3. The van der Waals surface area contributed by atoms with Crippen molar-refractivity contribution in [2.24, 2.45) is 11.1 Å². The van der Waals surface area contributed by atoms with Gasteiger partial charge in [-0.25, -0.2) is 0 Å². The summed E-state index contributed by atoms with van der Waals surface area (Å²) in [6.45, 7) is 9.41. The summed E-state index contributed by atoms with van der Waals surface area (Å²) < 4.78 is 5.46. The molecule has 1 unspecified atom stereocenters. The molecule has 1 heterocycles. The number of nitrogens with zero attached hydrogens (tertiary/aromatic N) is 1. The molecule has 1 fully saturated rings. The molecule has 3 heteroatoms. The Bertz CT molecular complexity index is 356. The van der Waals surface area contributed by atoms with Crippen LogP contribution in [-0.4, -0.2) is 23.5 Å². The number of rotatable bonds is 6. The fraction of sp³-hybridized carbons (Fsp3) is 0.714. The van der Waals surface area contributed by atoms with E-state index in [2.05, 4.69) is 25.7 Å². The van der Waals surface area contributed by atoms with Gasteiger partial charge in [0.05, 0.1) is 12.8 Å². The number of likely N-dealkylation sites (N-methyl/N-ethyl adjacent to an activating group) is 1. The van der Waals surface area contributed by atoms with Gasteiger partial charge in [0.25, 0.3) is 0 Å². The summed E-state index contributed by atoms with van der Waals surface area (Å²) in [6.07, 6.45) is 4.31. The van der Waals surface area contributed by atoms with Crippen LogP contribution >= 0.6 is 0 Å². The number of hydrogen-bond donors (Lipinski definition) is 1. The Hall–Kier alpha value is -0.800. The van der Waals surface area contributed by atoms with E-state index in [4.69, 9.17) is 10.2 Å². The molecule has 96 valence electrons. The molecule has 1 aliphatic carbocycles. The first-order chi connectivity index (χ1) is 8.05. The lowest BCUT2D eigenvalue weighted by atomic mass is 9.82. The fourth-order valence-electron chi connectivity index (χ4n) is 2.71. The molecule has 0 spiro atoms. The van der Waals surface area contributed by atoms with Crippen molar-refractivity contribution < 1.29 is 4.42 Å². The first-order valence-electron chi connectivity index (χ1n) is 6.53. The first kappa shape index (κ1) is 12.7. The largest absolute Gasteiger partial charge is 0.468 e. The maximum atomic E-state index is 6.07. The van der Waals surface area contributed by atoms with Gasteiger partial charge in [-0.2, -0.15) is 0 Å². The molecule has 2 N–H and O–H groups in total. The Morgan fingerprint density at radius 2 is 2.24 bits per heavy atom. The van der Waals surface area contributed by atoms with Gasteiger partial charge < -0.3 is 10.2 Å². The molecular weight excluding hydrogens is 212 g/mol. The van der Waals surface area contributed by atoms with E-state index in [1.807, 2.05) is 12.1 Å². The van der Waals surface area contributed by atoms with Crippen LogP contribution < -0.4 is 5.73 Å². The molecule has 0 radical (unpaired) electrons. The SMILES string of the molecule is CCN(Cc1ccco1)C(C)(CN)C1(C)CC1. The Balaban J connectivity index is 2.15. The third kappa shape index (κ3) is 2.14. The average Bonchev–Trinajstić information content (AvgIpc) is 2.90. The second-order valence-electron chi connectivity index (χ2n) is 5.63. The second-order valence-corrected chi connectivity index (χ2v) is 5.63. The van der Waals surface area contributed by atoms with E-state index >= 15 is 0 Å². The summed E-state index contributed by atoms with van der Waals surface area (Å²) in [5.41, 5.74) is 6.52. The molecule has 3 nitrogen and oxygen atoms in total. The minimum absolute atomic E-state index is 0.0779. The third-order valence-electron chi connectivity index (χ3n) is 4.70. The average molecular weight is 236 g/mol. The molecule has 0 bridgehead atoms. The third-order valence-corrected chi connectivity index (χ3v) is 4.70. The summed E-state index contributed by atoms with van der Waals surface area (Å²) in [6, 6.07) is 3.98. The zero-order chi connectivity index (χ0) is 12.5. The van der Waals surface area contributed by atoms with Gasteiger partial charge in [0.15, 0.2) is 0 Å². The minimum Gasteiger partial charge on any atom is -0.468 e. The molecule has 17 heavy (non-hydrogen) atoms. The van der Waals surface area contributed by atoms with Crippen LogP contribution in [-0.2, 0) is 6.54 Å². The molecule has 0 amide bonds. The molecule has 0 aromatic carbocycles. The maximum absolute atomic E-state index is 6.07.